The molecule has 2 aromatic rings. The van der Waals surface area contributed by atoms with Crippen molar-refractivity contribution >= 4 is 27.7 Å². The summed E-state index contributed by atoms with van der Waals surface area (Å²) in [4.78, 5) is 13.3. The molecule has 0 fully saturated rings. The number of benzene rings is 1. The van der Waals surface area contributed by atoms with E-state index in [1.807, 2.05) is 32.9 Å². The molecule has 5 nitrogen and oxygen atoms in total. The van der Waals surface area contributed by atoms with Crippen molar-refractivity contribution in [1.29, 1.82) is 0 Å². The van der Waals surface area contributed by atoms with Crippen LogP contribution in [0.3, 0.4) is 0 Å². The topological polar surface area (TPSA) is 62.9 Å². The second-order valence-corrected chi connectivity index (χ2v) is 7.09. The van der Waals surface area contributed by atoms with Gasteiger partial charge in [-0.2, -0.15) is 0 Å². The van der Waals surface area contributed by atoms with Crippen molar-refractivity contribution in [2.24, 2.45) is 5.41 Å². The highest BCUT2D eigenvalue weighted by Crippen LogP contribution is 2.43. The van der Waals surface area contributed by atoms with Gasteiger partial charge in [-0.25, -0.2) is 4.79 Å². The molecule has 0 aliphatic heterocycles. The summed E-state index contributed by atoms with van der Waals surface area (Å²) < 4.78 is 11.5. The van der Waals surface area contributed by atoms with Crippen molar-refractivity contribution in [1.82, 2.24) is 0 Å². The zero-order valence-corrected chi connectivity index (χ0v) is 15.1. The number of anilines is 1. The quantitative estimate of drug-likeness (QED) is 0.777. The number of halogens is 1. The Morgan fingerprint density at radius 3 is 2.39 bits per heavy atom. The van der Waals surface area contributed by atoms with Gasteiger partial charge in [0.05, 0.1) is 12.8 Å². The van der Waals surface area contributed by atoms with Crippen molar-refractivity contribution < 1.29 is 19.1 Å². The third-order valence-electron chi connectivity index (χ3n) is 3.47. The van der Waals surface area contributed by atoms with Crippen LogP contribution < -0.4 is 9.64 Å². The molecule has 0 bridgehead atoms. The average Bonchev–Trinajstić information content (AvgIpc) is 2.92. The van der Waals surface area contributed by atoms with E-state index in [1.165, 1.54) is 12.0 Å². The molecule has 1 amide bonds. The molecule has 6 heteroatoms. The summed E-state index contributed by atoms with van der Waals surface area (Å²) in [6.07, 6.45) is -1.05. The zero-order valence-electron chi connectivity index (χ0n) is 13.5. The molecule has 0 aliphatic carbocycles. The molecular formula is C17H20BrNO4. The third-order valence-corrected chi connectivity index (χ3v) is 4.14. The number of carboxylic acid groups (broad SMARTS) is 1. The fourth-order valence-electron chi connectivity index (χ4n) is 2.53. The standard InChI is InChI=1S/C17H20BrNO4/c1-17(2,3)15(13-9-10-14(22-4)23-13)19(16(20)21)12-8-6-5-7-11(12)18/h5-10,15H,1-4H3,(H,20,21). The number of carbonyl (C=O) groups is 1. The first-order valence-electron chi connectivity index (χ1n) is 7.16. The van der Waals surface area contributed by atoms with Gasteiger partial charge < -0.3 is 14.3 Å². The van der Waals surface area contributed by atoms with E-state index in [2.05, 4.69) is 15.9 Å². The Morgan fingerprint density at radius 2 is 1.91 bits per heavy atom. The molecule has 1 heterocycles. The van der Waals surface area contributed by atoms with E-state index in [0.29, 0.717) is 21.9 Å². The minimum absolute atomic E-state index is 0.353. The number of rotatable bonds is 4. The van der Waals surface area contributed by atoms with Gasteiger partial charge in [-0.1, -0.05) is 32.9 Å². The maximum atomic E-state index is 12.0. The van der Waals surface area contributed by atoms with Crippen LogP contribution in [0.1, 0.15) is 32.6 Å². The summed E-state index contributed by atoms with van der Waals surface area (Å²) in [5, 5.41) is 9.84. The fourth-order valence-corrected chi connectivity index (χ4v) is 3.01. The maximum absolute atomic E-state index is 12.0. The summed E-state index contributed by atoms with van der Waals surface area (Å²) in [6, 6.07) is 10.1. The lowest BCUT2D eigenvalue weighted by Gasteiger charge is -2.37. The van der Waals surface area contributed by atoms with Crippen LogP contribution in [-0.2, 0) is 0 Å². The van der Waals surface area contributed by atoms with Gasteiger partial charge in [0, 0.05) is 10.5 Å². The van der Waals surface area contributed by atoms with Crippen LogP contribution in [0, 0.1) is 5.41 Å². The zero-order chi connectivity index (χ0) is 17.2. The number of hydrogen-bond donors (Lipinski definition) is 1. The van der Waals surface area contributed by atoms with Gasteiger partial charge in [-0.3, -0.25) is 4.90 Å². The summed E-state index contributed by atoms with van der Waals surface area (Å²) >= 11 is 3.43. The summed E-state index contributed by atoms with van der Waals surface area (Å²) in [7, 11) is 1.51. The molecule has 0 aliphatic rings. The number of nitrogens with zero attached hydrogens (tertiary/aromatic N) is 1. The monoisotopic (exact) mass is 381 g/mol. The van der Waals surface area contributed by atoms with Gasteiger partial charge >= 0.3 is 6.09 Å². The van der Waals surface area contributed by atoms with E-state index in [1.54, 1.807) is 24.3 Å². The van der Waals surface area contributed by atoms with Crippen LogP contribution >= 0.6 is 15.9 Å². The van der Waals surface area contributed by atoms with Crippen LogP contribution in [0.5, 0.6) is 5.95 Å². The molecule has 1 unspecified atom stereocenters. The van der Waals surface area contributed by atoms with E-state index >= 15 is 0 Å². The Labute approximate surface area is 144 Å². The number of methoxy groups -OCH3 is 1. The number of hydrogen-bond acceptors (Lipinski definition) is 3. The van der Waals surface area contributed by atoms with Crippen LogP contribution in [0.2, 0.25) is 0 Å². The van der Waals surface area contributed by atoms with Gasteiger partial charge in [-0.05, 0) is 39.5 Å². The van der Waals surface area contributed by atoms with Gasteiger partial charge in [0.15, 0.2) is 0 Å². The molecule has 124 valence electrons. The number of para-hydroxylation sites is 1. The molecule has 1 aromatic heterocycles. The minimum Gasteiger partial charge on any atom is -0.468 e. The van der Waals surface area contributed by atoms with Crippen LogP contribution in [0.15, 0.2) is 45.3 Å². The molecule has 0 saturated carbocycles. The maximum Gasteiger partial charge on any atom is 0.412 e. The van der Waals surface area contributed by atoms with Crippen molar-refractivity contribution in [2.45, 2.75) is 26.8 Å². The van der Waals surface area contributed by atoms with E-state index in [9.17, 15) is 9.90 Å². The average molecular weight is 382 g/mol. The fraction of sp³-hybridized carbons (Fsp3) is 0.353. The smallest absolute Gasteiger partial charge is 0.412 e. The molecule has 1 N–H and O–H groups in total. The predicted molar refractivity (Wildman–Crippen MR) is 92.1 cm³/mol. The minimum atomic E-state index is -1.05. The highest BCUT2D eigenvalue weighted by molar-refractivity contribution is 9.10. The van der Waals surface area contributed by atoms with Crippen molar-refractivity contribution in [2.75, 3.05) is 12.0 Å². The SMILES string of the molecule is COc1ccc(C(N(C(=O)O)c2ccccc2Br)C(C)(C)C)o1. The Balaban J connectivity index is 2.59. The first-order chi connectivity index (χ1) is 10.8. The third kappa shape index (κ3) is 3.69. The van der Waals surface area contributed by atoms with E-state index in [-0.39, 0.29) is 0 Å². The lowest BCUT2D eigenvalue weighted by Crippen LogP contribution is -2.40. The van der Waals surface area contributed by atoms with E-state index in [4.69, 9.17) is 9.15 Å². The largest absolute Gasteiger partial charge is 0.468 e. The molecule has 2 rings (SSSR count). The molecule has 0 saturated heterocycles. The first-order valence-corrected chi connectivity index (χ1v) is 7.95. The predicted octanol–water partition coefficient (Wildman–Crippen LogP) is 5.32. The lowest BCUT2D eigenvalue weighted by molar-refractivity contribution is 0.182. The van der Waals surface area contributed by atoms with Gasteiger partial charge in [0.2, 0.25) is 0 Å². The Morgan fingerprint density at radius 1 is 1.26 bits per heavy atom. The number of furan rings is 1. The molecule has 1 aromatic carbocycles. The van der Waals surface area contributed by atoms with Gasteiger partial charge in [0.25, 0.3) is 5.95 Å². The molecule has 0 radical (unpaired) electrons. The first kappa shape index (κ1) is 17.4. The molecule has 23 heavy (non-hydrogen) atoms. The Kier molecular flexibility index (Phi) is 5.04. The Hall–Kier alpha value is -1.95. The summed E-state index contributed by atoms with van der Waals surface area (Å²) in [5.74, 6) is 0.888. The molecule has 1 atom stereocenters. The van der Waals surface area contributed by atoms with Crippen molar-refractivity contribution in [3.8, 4) is 5.95 Å². The van der Waals surface area contributed by atoms with E-state index < -0.39 is 17.6 Å². The number of ether oxygens (including phenoxy) is 1. The second-order valence-electron chi connectivity index (χ2n) is 6.23. The van der Waals surface area contributed by atoms with E-state index in [0.717, 1.165) is 0 Å². The lowest BCUT2D eigenvalue weighted by atomic mass is 9.84. The summed E-state index contributed by atoms with van der Waals surface area (Å²) in [5.41, 5.74) is 0.173. The van der Waals surface area contributed by atoms with Crippen LogP contribution in [-0.4, -0.2) is 18.3 Å². The summed E-state index contributed by atoms with van der Waals surface area (Å²) in [6.45, 7) is 5.92. The number of amides is 1. The second kappa shape index (κ2) is 6.66. The van der Waals surface area contributed by atoms with Crippen molar-refractivity contribution in [3.63, 3.8) is 0 Å². The van der Waals surface area contributed by atoms with Crippen LogP contribution in [0.25, 0.3) is 0 Å². The van der Waals surface area contributed by atoms with Crippen molar-refractivity contribution in [3.05, 3.63) is 46.6 Å². The van der Waals surface area contributed by atoms with Gasteiger partial charge in [-0.15, -0.1) is 0 Å². The molecule has 0 spiro atoms. The normalized spacial score (nSPS) is 12.7. The van der Waals surface area contributed by atoms with Crippen LogP contribution in [0.4, 0.5) is 10.5 Å². The molecular weight excluding hydrogens is 362 g/mol. The highest BCUT2D eigenvalue weighted by atomic mass is 79.9. The van der Waals surface area contributed by atoms with Gasteiger partial charge in [0.1, 0.15) is 11.8 Å². The Bertz CT molecular complexity index is 690. The highest BCUT2D eigenvalue weighted by Gasteiger charge is 2.39.